The molecule has 2 N–H and O–H groups in total. The third kappa shape index (κ3) is 1.44. The summed E-state index contributed by atoms with van der Waals surface area (Å²) in [5.41, 5.74) is 7.66. The minimum absolute atomic E-state index is 0.500. The van der Waals surface area contributed by atoms with Crippen LogP contribution in [0.2, 0.25) is 0 Å². The van der Waals surface area contributed by atoms with Crippen molar-refractivity contribution in [1.29, 1.82) is 0 Å². The number of rotatable bonds is 1. The number of nitrogens with zero attached hydrogens (tertiary/aromatic N) is 2. The third-order valence-electron chi connectivity index (χ3n) is 2.45. The molecule has 1 aromatic carbocycles. The lowest BCUT2D eigenvalue weighted by Crippen LogP contribution is -1.91. The van der Waals surface area contributed by atoms with Crippen molar-refractivity contribution in [3.8, 4) is 11.3 Å². The van der Waals surface area contributed by atoms with Gasteiger partial charge in [-0.3, -0.25) is 0 Å². The molecule has 2 heterocycles. The Balaban J connectivity index is 2.26. The van der Waals surface area contributed by atoms with Crippen molar-refractivity contribution in [2.75, 3.05) is 5.73 Å². The van der Waals surface area contributed by atoms with E-state index in [2.05, 4.69) is 27.5 Å². The summed E-state index contributed by atoms with van der Waals surface area (Å²) in [6.45, 7) is 0. The van der Waals surface area contributed by atoms with Crippen LogP contribution in [0.1, 0.15) is 0 Å². The molecule has 0 fully saturated rings. The van der Waals surface area contributed by atoms with E-state index < -0.39 is 0 Å². The molecule has 0 amide bonds. The molecule has 2 aromatic heterocycles. The molecule has 16 heavy (non-hydrogen) atoms. The zero-order chi connectivity index (χ0) is 11.0. The van der Waals surface area contributed by atoms with Gasteiger partial charge >= 0.3 is 0 Å². The van der Waals surface area contributed by atoms with Crippen LogP contribution in [0.3, 0.4) is 0 Å². The Kier molecular flexibility index (Phi) is 2.08. The molecular formula is C12H9N3S. The highest BCUT2D eigenvalue weighted by Crippen LogP contribution is 2.32. The van der Waals surface area contributed by atoms with Crippen LogP contribution in [0, 0.1) is 0 Å². The molecule has 0 aliphatic rings. The van der Waals surface area contributed by atoms with Crippen LogP contribution in [0.4, 0.5) is 5.82 Å². The first-order chi connectivity index (χ1) is 7.84. The van der Waals surface area contributed by atoms with Crippen molar-refractivity contribution in [3.05, 3.63) is 42.0 Å². The summed E-state index contributed by atoms with van der Waals surface area (Å²) < 4.78 is 1.26. The maximum atomic E-state index is 5.66. The first kappa shape index (κ1) is 9.30. The van der Waals surface area contributed by atoms with Gasteiger partial charge in [0.2, 0.25) is 0 Å². The largest absolute Gasteiger partial charge is 0.384 e. The van der Waals surface area contributed by atoms with Crippen LogP contribution in [-0.2, 0) is 0 Å². The summed E-state index contributed by atoms with van der Waals surface area (Å²) in [5, 5.41) is 3.32. The van der Waals surface area contributed by atoms with E-state index in [4.69, 9.17) is 5.73 Å². The van der Waals surface area contributed by atoms with E-state index in [-0.39, 0.29) is 0 Å². The van der Waals surface area contributed by atoms with Crippen molar-refractivity contribution in [3.63, 3.8) is 0 Å². The molecule has 3 rings (SSSR count). The Hall–Kier alpha value is -1.94. The molecule has 0 aliphatic carbocycles. The van der Waals surface area contributed by atoms with Gasteiger partial charge in [0.25, 0.3) is 0 Å². The second-order valence-electron chi connectivity index (χ2n) is 3.47. The van der Waals surface area contributed by atoms with E-state index in [1.165, 1.54) is 16.4 Å². The summed E-state index contributed by atoms with van der Waals surface area (Å²) in [7, 11) is 0. The van der Waals surface area contributed by atoms with Crippen molar-refractivity contribution in [1.82, 2.24) is 9.97 Å². The highest BCUT2D eigenvalue weighted by atomic mass is 32.1. The molecule has 0 aliphatic heterocycles. The normalized spacial score (nSPS) is 10.8. The summed E-state index contributed by atoms with van der Waals surface area (Å²) in [4.78, 5) is 8.15. The first-order valence-corrected chi connectivity index (χ1v) is 5.77. The van der Waals surface area contributed by atoms with Crippen LogP contribution in [0.15, 0.2) is 42.0 Å². The third-order valence-corrected chi connectivity index (χ3v) is 3.41. The standard InChI is InChI=1S/C12H9N3S/c13-12-5-10(14-7-15-12)9-6-16-11-4-2-1-3-8(9)11/h1-7H,(H2,13,14,15). The molecule has 0 bridgehead atoms. The number of thiophene rings is 1. The predicted molar refractivity (Wildman–Crippen MR) is 67.3 cm³/mol. The quantitative estimate of drug-likeness (QED) is 0.695. The SMILES string of the molecule is Nc1cc(-c2csc3ccccc23)ncn1. The molecule has 0 saturated carbocycles. The van der Waals surface area contributed by atoms with Gasteiger partial charge in [-0.1, -0.05) is 18.2 Å². The minimum Gasteiger partial charge on any atom is -0.384 e. The Morgan fingerprint density at radius 1 is 1.12 bits per heavy atom. The Morgan fingerprint density at radius 3 is 2.88 bits per heavy atom. The lowest BCUT2D eigenvalue weighted by atomic mass is 10.1. The molecule has 0 spiro atoms. The molecule has 3 nitrogen and oxygen atoms in total. The number of nitrogen functional groups attached to an aromatic ring is 1. The van der Waals surface area contributed by atoms with E-state index in [1.54, 1.807) is 17.4 Å². The van der Waals surface area contributed by atoms with Crippen molar-refractivity contribution in [2.45, 2.75) is 0 Å². The molecule has 0 saturated heterocycles. The van der Waals surface area contributed by atoms with Crippen molar-refractivity contribution < 1.29 is 0 Å². The first-order valence-electron chi connectivity index (χ1n) is 4.89. The number of nitrogens with two attached hydrogens (primary N) is 1. The second-order valence-corrected chi connectivity index (χ2v) is 4.38. The fourth-order valence-corrected chi connectivity index (χ4v) is 2.65. The lowest BCUT2D eigenvalue weighted by Gasteiger charge is -1.99. The Labute approximate surface area is 96.6 Å². The highest BCUT2D eigenvalue weighted by Gasteiger charge is 2.07. The van der Waals surface area contributed by atoms with Crippen LogP contribution < -0.4 is 5.73 Å². The fraction of sp³-hybridized carbons (Fsp3) is 0. The summed E-state index contributed by atoms with van der Waals surface area (Å²) in [6.07, 6.45) is 1.50. The fourth-order valence-electron chi connectivity index (χ4n) is 1.70. The van der Waals surface area contributed by atoms with Gasteiger partial charge in [-0.05, 0) is 6.07 Å². The van der Waals surface area contributed by atoms with Gasteiger partial charge in [-0.2, -0.15) is 0 Å². The molecule has 4 heteroatoms. The van der Waals surface area contributed by atoms with Gasteiger partial charge in [0.15, 0.2) is 0 Å². The maximum Gasteiger partial charge on any atom is 0.127 e. The van der Waals surface area contributed by atoms with E-state index in [9.17, 15) is 0 Å². The topological polar surface area (TPSA) is 51.8 Å². The van der Waals surface area contributed by atoms with Gasteiger partial charge in [0, 0.05) is 27.1 Å². The van der Waals surface area contributed by atoms with E-state index >= 15 is 0 Å². The van der Waals surface area contributed by atoms with E-state index in [1.807, 2.05) is 12.1 Å². The number of hydrogen-bond donors (Lipinski definition) is 1. The van der Waals surface area contributed by atoms with E-state index in [0.717, 1.165) is 11.3 Å². The summed E-state index contributed by atoms with van der Waals surface area (Å²) in [5.74, 6) is 0.500. The van der Waals surface area contributed by atoms with Crippen LogP contribution >= 0.6 is 11.3 Å². The molecule has 3 aromatic rings. The monoisotopic (exact) mass is 227 g/mol. The average molecular weight is 227 g/mol. The number of anilines is 1. The Bertz CT molecular complexity index is 645. The van der Waals surface area contributed by atoms with Gasteiger partial charge in [-0.25, -0.2) is 9.97 Å². The number of aromatic nitrogens is 2. The minimum atomic E-state index is 0.500. The highest BCUT2D eigenvalue weighted by molar-refractivity contribution is 7.17. The zero-order valence-corrected chi connectivity index (χ0v) is 9.24. The van der Waals surface area contributed by atoms with Crippen molar-refractivity contribution >= 4 is 27.2 Å². The molecule has 0 atom stereocenters. The van der Waals surface area contributed by atoms with Crippen molar-refractivity contribution in [2.24, 2.45) is 0 Å². The molecular weight excluding hydrogens is 218 g/mol. The van der Waals surface area contributed by atoms with E-state index in [0.29, 0.717) is 5.82 Å². The van der Waals surface area contributed by atoms with Gasteiger partial charge in [0.1, 0.15) is 12.1 Å². The molecule has 0 radical (unpaired) electrons. The maximum absolute atomic E-state index is 5.66. The Morgan fingerprint density at radius 2 is 2.00 bits per heavy atom. The second kappa shape index (κ2) is 3.57. The number of hydrogen-bond acceptors (Lipinski definition) is 4. The molecule has 78 valence electrons. The zero-order valence-electron chi connectivity index (χ0n) is 8.42. The van der Waals surface area contributed by atoms with Crippen LogP contribution in [0.25, 0.3) is 21.3 Å². The number of fused-ring (bicyclic) bond motifs is 1. The smallest absolute Gasteiger partial charge is 0.127 e. The number of benzene rings is 1. The van der Waals surface area contributed by atoms with Gasteiger partial charge < -0.3 is 5.73 Å². The van der Waals surface area contributed by atoms with Crippen LogP contribution in [0.5, 0.6) is 0 Å². The predicted octanol–water partition coefficient (Wildman–Crippen LogP) is 2.94. The van der Waals surface area contributed by atoms with Gasteiger partial charge in [-0.15, -0.1) is 11.3 Å². The van der Waals surface area contributed by atoms with Crippen LogP contribution in [-0.4, -0.2) is 9.97 Å². The molecule has 0 unspecified atom stereocenters. The van der Waals surface area contributed by atoms with Gasteiger partial charge in [0.05, 0.1) is 5.69 Å². The summed E-state index contributed by atoms with van der Waals surface area (Å²) in [6, 6.07) is 10.1. The lowest BCUT2D eigenvalue weighted by molar-refractivity contribution is 1.18. The average Bonchev–Trinajstić information content (AvgIpc) is 2.72. The summed E-state index contributed by atoms with van der Waals surface area (Å²) >= 11 is 1.71.